The quantitative estimate of drug-likeness (QED) is 0.524. The molecule has 1 heteroatoms. The standard InChI is InChI=1S/C30H41N/c1-30(29-13-8-22-31-29,27-18-14-25(15-19-27)23-9-4-2-5-10-23)28-20-16-26(17-21-28)24-11-6-3-7-12-24/h14-21,23-24,29,31H,2-13,22H2,1H3. The third-order valence-corrected chi connectivity index (χ3v) is 8.93. The predicted molar refractivity (Wildman–Crippen MR) is 132 cm³/mol. The van der Waals surface area contributed by atoms with Crippen molar-refractivity contribution in [2.24, 2.45) is 0 Å². The molecule has 0 radical (unpaired) electrons. The first-order valence-corrected chi connectivity index (χ1v) is 13.2. The first-order valence-electron chi connectivity index (χ1n) is 13.2. The molecule has 0 bridgehead atoms. The average Bonchev–Trinajstić information content (AvgIpc) is 3.41. The van der Waals surface area contributed by atoms with Crippen molar-refractivity contribution in [3.05, 3.63) is 70.8 Å². The third-order valence-electron chi connectivity index (χ3n) is 8.93. The summed E-state index contributed by atoms with van der Waals surface area (Å²) in [6, 6.07) is 20.2. The largest absolute Gasteiger partial charge is 0.313 e. The molecule has 1 saturated heterocycles. The number of hydrogen-bond donors (Lipinski definition) is 1. The molecular weight excluding hydrogens is 374 g/mol. The molecule has 1 heterocycles. The highest BCUT2D eigenvalue weighted by Gasteiger charge is 2.39. The van der Waals surface area contributed by atoms with E-state index in [1.165, 1.54) is 88.2 Å². The van der Waals surface area contributed by atoms with Crippen LogP contribution in [0.4, 0.5) is 0 Å². The SMILES string of the molecule is CC(c1ccc(C2CCCCC2)cc1)(c1ccc(C2CCCCC2)cc1)C1CCCN1. The van der Waals surface area contributed by atoms with Crippen LogP contribution in [0.2, 0.25) is 0 Å². The van der Waals surface area contributed by atoms with Gasteiger partial charge in [-0.2, -0.15) is 0 Å². The van der Waals surface area contributed by atoms with Crippen LogP contribution in [-0.2, 0) is 5.41 Å². The molecule has 0 spiro atoms. The highest BCUT2D eigenvalue weighted by atomic mass is 15.0. The van der Waals surface area contributed by atoms with Crippen LogP contribution in [0, 0.1) is 0 Å². The number of hydrogen-bond acceptors (Lipinski definition) is 1. The minimum atomic E-state index is 0.0344. The van der Waals surface area contributed by atoms with Crippen LogP contribution < -0.4 is 5.32 Å². The Morgan fingerprint density at radius 1 is 0.581 bits per heavy atom. The second-order valence-corrected chi connectivity index (χ2v) is 10.8. The van der Waals surface area contributed by atoms with Crippen molar-refractivity contribution >= 4 is 0 Å². The Kier molecular flexibility index (Phi) is 6.51. The van der Waals surface area contributed by atoms with Crippen molar-refractivity contribution in [3.8, 4) is 0 Å². The normalized spacial score (nSPS) is 23.8. The molecule has 5 rings (SSSR count). The molecule has 3 aliphatic rings. The van der Waals surface area contributed by atoms with Gasteiger partial charge in [-0.15, -0.1) is 0 Å². The molecule has 0 aromatic heterocycles. The molecule has 1 aliphatic heterocycles. The molecule has 2 aromatic rings. The summed E-state index contributed by atoms with van der Waals surface area (Å²) < 4.78 is 0. The lowest BCUT2D eigenvalue weighted by molar-refractivity contribution is 0.405. The first-order chi connectivity index (χ1) is 15.2. The lowest BCUT2D eigenvalue weighted by Crippen LogP contribution is -2.44. The van der Waals surface area contributed by atoms with E-state index < -0.39 is 0 Å². The minimum Gasteiger partial charge on any atom is -0.313 e. The number of rotatable bonds is 5. The lowest BCUT2D eigenvalue weighted by Gasteiger charge is -2.38. The molecule has 1 nitrogen and oxygen atoms in total. The summed E-state index contributed by atoms with van der Waals surface area (Å²) in [7, 11) is 0. The zero-order valence-electron chi connectivity index (χ0n) is 19.5. The molecule has 0 amide bonds. The Balaban J connectivity index is 1.43. The lowest BCUT2D eigenvalue weighted by atomic mass is 9.69. The molecule has 2 aromatic carbocycles. The van der Waals surface area contributed by atoms with Gasteiger partial charge in [-0.1, -0.05) is 87.1 Å². The highest BCUT2D eigenvalue weighted by molar-refractivity contribution is 5.44. The summed E-state index contributed by atoms with van der Waals surface area (Å²) in [6.07, 6.45) is 16.6. The zero-order valence-corrected chi connectivity index (χ0v) is 19.5. The van der Waals surface area contributed by atoms with Gasteiger partial charge in [0, 0.05) is 11.5 Å². The first kappa shape index (κ1) is 21.3. The van der Waals surface area contributed by atoms with Crippen LogP contribution in [0.1, 0.15) is 118 Å². The van der Waals surface area contributed by atoms with Gasteiger partial charge in [0.2, 0.25) is 0 Å². The Morgan fingerprint density at radius 3 is 1.42 bits per heavy atom. The van der Waals surface area contributed by atoms with Gasteiger partial charge < -0.3 is 5.32 Å². The van der Waals surface area contributed by atoms with Crippen molar-refractivity contribution in [2.45, 2.75) is 107 Å². The van der Waals surface area contributed by atoms with E-state index in [4.69, 9.17) is 0 Å². The summed E-state index contributed by atoms with van der Waals surface area (Å²) in [4.78, 5) is 0. The summed E-state index contributed by atoms with van der Waals surface area (Å²) >= 11 is 0. The topological polar surface area (TPSA) is 12.0 Å². The summed E-state index contributed by atoms with van der Waals surface area (Å²) in [5, 5.41) is 3.85. The minimum absolute atomic E-state index is 0.0344. The van der Waals surface area contributed by atoms with E-state index in [2.05, 4.69) is 60.8 Å². The van der Waals surface area contributed by atoms with Gasteiger partial charge in [0.05, 0.1) is 0 Å². The average molecular weight is 416 g/mol. The van der Waals surface area contributed by atoms with Gasteiger partial charge in [-0.05, 0) is 86.1 Å². The van der Waals surface area contributed by atoms with E-state index in [0.717, 1.165) is 18.4 Å². The fraction of sp³-hybridized carbons (Fsp3) is 0.600. The second kappa shape index (κ2) is 9.49. The molecule has 31 heavy (non-hydrogen) atoms. The van der Waals surface area contributed by atoms with Gasteiger partial charge in [-0.25, -0.2) is 0 Å². The highest BCUT2D eigenvalue weighted by Crippen LogP contribution is 2.41. The van der Waals surface area contributed by atoms with E-state index in [9.17, 15) is 0 Å². The fourth-order valence-electron chi connectivity index (χ4n) is 6.82. The molecule has 166 valence electrons. The van der Waals surface area contributed by atoms with Gasteiger partial charge in [0.15, 0.2) is 0 Å². The van der Waals surface area contributed by atoms with E-state index in [1.807, 2.05) is 0 Å². The number of nitrogens with one attached hydrogen (secondary N) is 1. The molecule has 1 unspecified atom stereocenters. The summed E-state index contributed by atoms with van der Waals surface area (Å²) in [5.74, 6) is 1.57. The summed E-state index contributed by atoms with van der Waals surface area (Å²) in [6.45, 7) is 3.64. The van der Waals surface area contributed by atoms with Gasteiger partial charge in [0.1, 0.15) is 0 Å². The molecule has 3 fully saturated rings. The molecule has 2 aliphatic carbocycles. The van der Waals surface area contributed by atoms with Crippen LogP contribution in [0.15, 0.2) is 48.5 Å². The Morgan fingerprint density at radius 2 is 1.03 bits per heavy atom. The van der Waals surface area contributed by atoms with Crippen LogP contribution in [0.3, 0.4) is 0 Å². The molecule has 1 N–H and O–H groups in total. The van der Waals surface area contributed by atoms with Crippen molar-refractivity contribution in [1.29, 1.82) is 0 Å². The van der Waals surface area contributed by atoms with Gasteiger partial charge in [0.25, 0.3) is 0 Å². The maximum Gasteiger partial charge on any atom is 0.0327 e. The van der Waals surface area contributed by atoms with Crippen molar-refractivity contribution < 1.29 is 0 Å². The Bertz CT molecular complexity index is 754. The number of benzene rings is 2. The van der Waals surface area contributed by atoms with Crippen LogP contribution in [0.25, 0.3) is 0 Å². The molecule has 2 saturated carbocycles. The Labute approximate surface area is 190 Å². The zero-order chi connectivity index (χ0) is 21.1. The summed E-state index contributed by atoms with van der Waals surface area (Å²) in [5.41, 5.74) is 6.14. The molecular formula is C30H41N. The van der Waals surface area contributed by atoms with Crippen LogP contribution in [0.5, 0.6) is 0 Å². The maximum atomic E-state index is 3.85. The van der Waals surface area contributed by atoms with E-state index in [1.54, 1.807) is 11.1 Å². The smallest absolute Gasteiger partial charge is 0.0327 e. The van der Waals surface area contributed by atoms with Crippen molar-refractivity contribution in [3.63, 3.8) is 0 Å². The fourth-order valence-corrected chi connectivity index (χ4v) is 6.82. The van der Waals surface area contributed by atoms with Crippen molar-refractivity contribution in [2.75, 3.05) is 6.54 Å². The monoisotopic (exact) mass is 415 g/mol. The second-order valence-electron chi connectivity index (χ2n) is 10.8. The van der Waals surface area contributed by atoms with Crippen LogP contribution >= 0.6 is 0 Å². The van der Waals surface area contributed by atoms with Gasteiger partial charge in [-0.3, -0.25) is 0 Å². The van der Waals surface area contributed by atoms with Crippen molar-refractivity contribution in [1.82, 2.24) is 5.32 Å². The van der Waals surface area contributed by atoms with E-state index in [-0.39, 0.29) is 5.41 Å². The maximum absolute atomic E-state index is 3.85. The van der Waals surface area contributed by atoms with E-state index >= 15 is 0 Å². The van der Waals surface area contributed by atoms with Gasteiger partial charge >= 0.3 is 0 Å². The van der Waals surface area contributed by atoms with E-state index in [0.29, 0.717) is 6.04 Å². The van der Waals surface area contributed by atoms with Crippen LogP contribution in [-0.4, -0.2) is 12.6 Å². The molecule has 1 atom stereocenters. The predicted octanol–water partition coefficient (Wildman–Crippen LogP) is 7.84. The third kappa shape index (κ3) is 4.36. The Hall–Kier alpha value is -1.60.